The first-order valence-electron chi connectivity index (χ1n) is 6.80. The number of para-hydroxylation sites is 1. The summed E-state index contributed by atoms with van der Waals surface area (Å²) in [6.07, 6.45) is 1.71. The van der Waals surface area contributed by atoms with Crippen LogP contribution in [0.15, 0.2) is 48.7 Å². The second-order valence-corrected chi connectivity index (χ2v) is 5.11. The Morgan fingerprint density at radius 2 is 1.91 bits per heavy atom. The van der Waals surface area contributed by atoms with Crippen molar-refractivity contribution in [2.24, 2.45) is 0 Å². The fourth-order valence-electron chi connectivity index (χ4n) is 2.33. The van der Waals surface area contributed by atoms with E-state index in [1.807, 2.05) is 44.2 Å². The van der Waals surface area contributed by atoms with E-state index in [0.29, 0.717) is 11.3 Å². The molecule has 0 unspecified atom stereocenters. The Bertz CT molecular complexity index is 855. The van der Waals surface area contributed by atoms with E-state index in [0.717, 1.165) is 16.8 Å². The van der Waals surface area contributed by atoms with Gasteiger partial charge in [0.15, 0.2) is 0 Å². The van der Waals surface area contributed by atoms with Gasteiger partial charge in [-0.05, 0) is 37.1 Å². The summed E-state index contributed by atoms with van der Waals surface area (Å²) in [7, 11) is 0. The van der Waals surface area contributed by atoms with Gasteiger partial charge < -0.3 is 0 Å². The zero-order chi connectivity index (χ0) is 15.7. The van der Waals surface area contributed by atoms with E-state index in [4.69, 9.17) is 0 Å². The highest BCUT2D eigenvalue weighted by atomic mass is 16.6. The molecule has 0 atom stereocenters. The van der Waals surface area contributed by atoms with Gasteiger partial charge in [0.25, 0.3) is 5.69 Å². The number of nitrogens with zero attached hydrogens (tertiary/aromatic N) is 4. The molecule has 1 aromatic heterocycles. The van der Waals surface area contributed by atoms with Gasteiger partial charge in [-0.2, -0.15) is 0 Å². The minimum atomic E-state index is -0.394. The number of benzene rings is 2. The first-order chi connectivity index (χ1) is 10.6. The molecule has 0 spiro atoms. The van der Waals surface area contributed by atoms with Crippen molar-refractivity contribution < 1.29 is 4.92 Å². The summed E-state index contributed by atoms with van der Waals surface area (Å²) in [5.41, 5.74) is 3.78. The normalized spacial score (nSPS) is 10.6. The third-order valence-corrected chi connectivity index (χ3v) is 3.48. The maximum atomic E-state index is 11.2. The monoisotopic (exact) mass is 294 g/mol. The first kappa shape index (κ1) is 13.9. The molecule has 0 saturated carbocycles. The summed E-state index contributed by atoms with van der Waals surface area (Å²) in [5, 5.41) is 19.4. The van der Waals surface area contributed by atoms with Crippen LogP contribution < -0.4 is 0 Å². The van der Waals surface area contributed by atoms with Crippen molar-refractivity contribution >= 4 is 5.69 Å². The molecule has 0 fully saturated rings. The van der Waals surface area contributed by atoms with Crippen LogP contribution in [0.25, 0.3) is 16.9 Å². The maximum Gasteiger partial charge on any atom is 0.279 e. The summed E-state index contributed by atoms with van der Waals surface area (Å²) in [6.45, 7) is 3.80. The number of hydrogen-bond donors (Lipinski definition) is 0. The molecule has 0 amide bonds. The third kappa shape index (κ3) is 2.46. The summed E-state index contributed by atoms with van der Waals surface area (Å²) in [4.78, 5) is 10.8. The lowest BCUT2D eigenvalue weighted by Gasteiger charge is -2.03. The molecule has 0 aliphatic heterocycles. The van der Waals surface area contributed by atoms with Gasteiger partial charge >= 0.3 is 0 Å². The van der Waals surface area contributed by atoms with E-state index >= 15 is 0 Å². The van der Waals surface area contributed by atoms with Crippen molar-refractivity contribution in [2.75, 3.05) is 0 Å². The number of hydrogen-bond acceptors (Lipinski definition) is 4. The summed E-state index contributed by atoms with van der Waals surface area (Å²) >= 11 is 0. The topological polar surface area (TPSA) is 73.8 Å². The minimum Gasteiger partial charge on any atom is -0.258 e. The summed E-state index contributed by atoms with van der Waals surface area (Å²) in [5.74, 6) is 0. The van der Waals surface area contributed by atoms with Gasteiger partial charge in [0.1, 0.15) is 5.69 Å². The van der Waals surface area contributed by atoms with Crippen molar-refractivity contribution in [1.82, 2.24) is 15.0 Å². The lowest BCUT2D eigenvalue weighted by Crippen LogP contribution is -1.97. The number of aryl methyl sites for hydroxylation is 2. The van der Waals surface area contributed by atoms with Gasteiger partial charge in [-0.15, -0.1) is 5.10 Å². The molecule has 0 radical (unpaired) electrons. The lowest BCUT2D eigenvalue weighted by atomic mass is 10.1. The third-order valence-electron chi connectivity index (χ3n) is 3.48. The number of rotatable bonds is 3. The van der Waals surface area contributed by atoms with Gasteiger partial charge in [-0.1, -0.05) is 29.5 Å². The molecule has 0 bridgehead atoms. The molecular formula is C16H14N4O2. The number of nitro benzene ring substituents is 1. The van der Waals surface area contributed by atoms with Crippen molar-refractivity contribution in [1.29, 1.82) is 0 Å². The molecule has 2 aromatic carbocycles. The Labute approximate surface area is 127 Å². The van der Waals surface area contributed by atoms with Crippen molar-refractivity contribution in [3.63, 3.8) is 0 Å². The Morgan fingerprint density at radius 1 is 1.14 bits per heavy atom. The van der Waals surface area contributed by atoms with Crippen LogP contribution in [0.5, 0.6) is 0 Å². The zero-order valence-electron chi connectivity index (χ0n) is 12.2. The zero-order valence-corrected chi connectivity index (χ0v) is 12.2. The first-order valence-corrected chi connectivity index (χ1v) is 6.80. The van der Waals surface area contributed by atoms with E-state index in [1.54, 1.807) is 23.0 Å². The highest BCUT2D eigenvalue weighted by Crippen LogP contribution is 2.29. The van der Waals surface area contributed by atoms with Gasteiger partial charge in [0.2, 0.25) is 0 Å². The molecule has 0 N–H and O–H groups in total. The maximum absolute atomic E-state index is 11.2. The van der Waals surface area contributed by atoms with Gasteiger partial charge in [-0.25, -0.2) is 4.68 Å². The largest absolute Gasteiger partial charge is 0.279 e. The van der Waals surface area contributed by atoms with Crippen LogP contribution in [0.1, 0.15) is 11.1 Å². The predicted octanol–water partition coefficient (Wildman–Crippen LogP) is 3.46. The van der Waals surface area contributed by atoms with Crippen LogP contribution in [0.2, 0.25) is 0 Å². The molecular weight excluding hydrogens is 280 g/mol. The Balaban J connectivity index is 2.09. The second-order valence-electron chi connectivity index (χ2n) is 5.11. The summed E-state index contributed by atoms with van der Waals surface area (Å²) in [6, 6.07) is 12.8. The smallest absolute Gasteiger partial charge is 0.258 e. The van der Waals surface area contributed by atoms with Gasteiger partial charge in [-0.3, -0.25) is 10.1 Å². The minimum absolute atomic E-state index is 0.0387. The van der Waals surface area contributed by atoms with Crippen molar-refractivity contribution in [3.05, 3.63) is 69.9 Å². The van der Waals surface area contributed by atoms with Crippen LogP contribution >= 0.6 is 0 Å². The molecule has 3 aromatic rings. The fraction of sp³-hybridized carbons (Fsp3) is 0.125. The molecule has 0 saturated heterocycles. The standard InChI is InChI=1S/C16H14N4O2/c1-11-7-8-13(16(9-11)20(21)22)14-10-19(18-17-14)15-6-4-3-5-12(15)2/h3-10H,1-2H3. The Morgan fingerprint density at radius 3 is 2.64 bits per heavy atom. The number of nitro groups is 1. The second kappa shape index (κ2) is 5.40. The quantitative estimate of drug-likeness (QED) is 0.547. The summed E-state index contributed by atoms with van der Waals surface area (Å²) < 4.78 is 1.63. The molecule has 0 aliphatic carbocycles. The van der Waals surface area contributed by atoms with E-state index in [1.165, 1.54) is 0 Å². The highest BCUT2D eigenvalue weighted by Gasteiger charge is 2.18. The average Bonchev–Trinajstić information content (AvgIpc) is 2.97. The Hall–Kier alpha value is -3.02. The van der Waals surface area contributed by atoms with E-state index < -0.39 is 4.92 Å². The van der Waals surface area contributed by atoms with E-state index in [9.17, 15) is 10.1 Å². The predicted molar refractivity (Wildman–Crippen MR) is 82.9 cm³/mol. The van der Waals surface area contributed by atoms with Crippen molar-refractivity contribution in [2.45, 2.75) is 13.8 Å². The SMILES string of the molecule is Cc1ccc(-c2cn(-c3ccccc3C)nn2)c([N+](=O)[O-])c1. The van der Waals surface area contributed by atoms with Crippen LogP contribution in [-0.4, -0.2) is 19.9 Å². The molecule has 6 nitrogen and oxygen atoms in total. The molecule has 110 valence electrons. The van der Waals surface area contributed by atoms with E-state index in [2.05, 4.69) is 10.3 Å². The lowest BCUT2D eigenvalue weighted by molar-refractivity contribution is -0.384. The number of aromatic nitrogens is 3. The van der Waals surface area contributed by atoms with E-state index in [-0.39, 0.29) is 5.69 Å². The molecule has 0 aliphatic rings. The van der Waals surface area contributed by atoms with Crippen LogP contribution in [0.3, 0.4) is 0 Å². The van der Waals surface area contributed by atoms with Crippen LogP contribution in [0.4, 0.5) is 5.69 Å². The Kier molecular flexibility index (Phi) is 3.42. The average molecular weight is 294 g/mol. The van der Waals surface area contributed by atoms with Crippen LogP contribution in [-0.2, 0) is 0 Å². The molecule has 3 rings (SSSR count). The highest BCUT2D eigenvalue weighted by molar-refractivity contribution is 5.70. The van der Waals surface area contributed by atoms with Crippen molar-refractivity contribution in [3.8, 4) is 16.9 Å². The van der Waals surface area contributed by atoms with Gasteiger partial charge in [0.05, 0.1) is 22.4 Å². The molecule has 22 heavy (non-hydrogen) atoms. The van der Waals surface area contributed by atoms with Crippen LogP contribution in [0, 0.1) is 24.0 Å². The van der Waals surface area contributed by atoms with Gasteiger partial charge in [0, 0.05) is 6.07 Å². The molecule has 6 heteroatoms. The fourth-order valence-corrected chi connectivity index (χ4v) is 2.33. The molecule has 1 heterocycles.